The number of nitrogens with zero attached hydrogens (tertiary/aromatic N) is 2. The molecule has 2 aromatic carbocycles. The molecule has 0 aromatic heterocycles. The van der Waals surface area contributed by atoms with E-state index in [1.165, 1.54) is 6.07 Å². The third-order valence-corrected chi connectivity index (χ3v) is 7.66. The highest BCUT2D eigenvalue weighted by Crippen LogP contribution is 2.32. The molecule has 2 aromatic rings. The molecule has 2 aliphatic heterocycles. The molecule has 0 N–H and O–H groups in total. The minimum absolute atomic E-state index is 0.0231. The van der Waals surface area contributed by atoms with Crippen molar-refractivity contribution in [2.45, 2.75) is 18.5 Å². The lowest BCUT2D eigenvalue weighted by Gasteiger charge is -2.43. The van der Waals surface area contributed by atoms with Crippen LogP contribution in [0.2, 0.25) is 0 Å². The van der Waals surface area contributed by atoms with Gasteiger partial charge >= 0.3 is 0 Å². The number of carbonyl (C=O) groups is 1. The summed E-state index contributed by atoms with van der Waals surface area (Å²) in [6.45, 7) is 0.568. The van der Waals surface area contributed by atoms with Crippen molar-refractivity contribution >= 4 is 37.4 Å². The van der Waals surface area contributed by atoms with Crippen LogP contribution in [0.25, 0.3) is 0 Å². The average Bonchev–Trinajstić information content (AvgIpc) is 2.97. The Morgan fingerprint density at radius 1 is 1.04 bits per heavy atom. The van der Waals surface area contributed by atoms with Gasteiger partial charge in [0.1, 0.15) is 5.82 Å². The Bertz CT molecular complexity index is 997. The maximum Gasteiger partial charge on any atom is 0.241 e. The summed E-state index contributed by atoms with van der Waals surface area (Å²) in [4.78, 5) is 16.5. The molecule has 0 bridgehead atoms. The van der Waals surface area contributed by atoms with Gasteiger partial charge in [-0.1, -0.05) is 34.1 Å². The van der Waals surface area contributed by atoms with Crippen molar-refractivity contribution in [3.63, 3.8) is 0 Å². The quantitative estimate of drug-likeness (QED) is 0.694. The molecule has 2 saturated heterocycles. The van der Waals surface area contributed by atoms with E-state index in [4.69, 9.17) is 0 Å². The molecule has 2 heterocycles. The second-order valence-corrected chi connectivity index (χ2v) is 10.3. The van der Waals surface area contributed by atoms with Crippen LogP contribution in [0.1, 0.15) is 5.56 Å². The minimum atomic E-state index is -3.24. The van der Waals surface area contributed by atoms with Crippen molar-refractivity contribution in [3.8, 4) is 0 Å². The van der Waals surface area contributed by atoms with E-state index in [9.17, 15) is 17.6 Å². The summed E-state index contributed by atoms with van der Waals surface area (Å²) in [6.07, 6.45) is 0.432. The summed E-state index contributed by atoms with van der Waals surface area (Å²) < 4.78 is 39.6. The standard InChI is InChI=1S/C20H20BrFN2O3S/c21-15-5-7-16(8-6-15)24-19-13-28(26,27)12-18(19)23(11-20(24)25)10-9-14-3-1-2-4-17(14)22/h1-8,18-19H,9-13H2. The fraction of sp³-hybridized carbons (Fsp3) is 0.350. The first-order valence-corrected chi connectivity index (χ1v) is 11.7. The third-order valence-electron chi connectivity index (χ3n) is 5.43. The average molecular weight is 467 g/mol. The monoisotopic (exact) mass is 466 g/mol. The molecule has 2 atom stereocenters. The van der Waals surface area contributed by atoms with Gasteiger partial charge in [-0.05, 0) is 42.3 Å². The van der Waals surface area contributed by atoms with E-state index in [1.807, 2.05) is 29.2 Å². The van der Waals surface area contributed by atoms with Crippen molar-refractivity contribution in [2.75, 3.05) is 29.5 Å². The largest absolute Gasteiger partial charge is 0.306 e. The number of piperazine rings is 1. The first-order valence-electron chi connectivity index (χ1n) is 9.09. The van der Waals surface area contributed by atoms with Crippen LogP contribution in [0.5, 0.6) is 0 Å². The number of sulfone groups is 1. The number of benzene rings is 2. The number of hydrogen-bond donors (Lipinski definition) is 0. The van der Waals surface area contributed by atoms with Gasteiger partial charge in [0.2, 0.25) is 5.91 Å². The first-order chi connectivity index (χ1) is 13.3. The number of amides is 1. The molecule has 2 aliphatic rings. The van der Waals surface area contributed by atoms with Gasteiger partial charge in [0.15, 0.2) is 9.84 Å². The molecule has 0 aliphatic carbocycles. The lowest BCUT2D eigenvalue weighted by Crippen LogP contribution is -2.62. The molecule has 5 nitrogen and oxygen atoms in total. The SMILES string of the molecule is O=C1CN(CCc2ccccc2F)C2CS(=O)(=O)CC2N1c1ccc(Br)cc1. The fourth-order valence-electron chi connectivity index (χ4n) is 4.11. The van der Waals surface area contributed by atoms with E-state index in [0.29, 0.717) is 24.2 Å². The topological polar surface area (TPSA) is 57.7 Å². The summed E-state index contributed by atoms with van der Waals surface area (Å²) in [5.74, 6) is -0.433. The van der Waals surface area contributed by atoms with E-state index in [2.05, 4.69) is 15.9 Å². The van der Waals surface area contributed by atoms with E-state index in [1.54, 1.807) is 23.1 Å². The van der Waals surface area contributed by atoms with Gasteiger partial charge in [0, 0.05) is 22.7 Å². The van der Waals surface area contributed by atoms with Gasteiger partial charge in [0.05, 0.1) is 24.1 Å². The number of halogens is 2. The number of carbonyl (C=O) groups excluding carboxylic acids is 1. The Morgan fingerprint density at radius 3 is 2.43 bits per heavy atom. The van der Waals surface area contributed by atoms with Crippen molar-refractivity contribution in [1.82, 2.24) is 4.90 Å². The molecule has 0 spiro atoms. The van der Waals surface area contributed by atoms with Crippen molar-refractivity contribution in [3.05, 3.63) is 64.4 Å². The maximum absolute atomic E-state index is 13.9. The Balaban J connectivity index is 1.59. The van der Waals surface area contributed by atoms with Gasteiger partial charge in [-0.15, -0.1) is 0 Å². The number of hydrogen-bond acceptors (Lipinski definition) is 4. The van der Waals surface area contributed by atoms with Crippen molar-refractivity contribution < 1.29 is 17.6 Å². The molecule has 0 saturated carbocycles. The highest BCUT2D eigenvalue weighted by Gasteiger charge is 2.49. The van der Waals surface area contributed by atoms with Crippen LogP contribution in [0.15, 0.2) is 53.0 Å². The lowest BCUT2D eigenvalue weighted by atomic mass is 10.0. The Morgan fingerprint density at radius 2 is 1.71 bits per heavy atom. The molecular formula is C20H20BrFN2O3S. The van der Waals surface area contributed by atoms with Crippen LogP contribution >= 0.6 is 15.9 Å². The molecule has 28 heavy (non-hydrogen) atoms. The molecule has 148 valence electrons. The highest BCUT2D eigenvalue weighted by atomic mass is 79.9. The zero-order valence-electron chi connectivity index (χ0n) is 15.1. The smallest absolute Gasteiger partial charge is 0.241 e. The molecule has 2 fully saturated rings. The number of rotatable bonds is 4. The summed E-state index contributed by atoms with van der Waals surface area (Å²) >= 11 is 3.38. The minimum Gasteiger partial charge on any atom is -0.306 e. The third kappa shape index (κ3) is 3.86. The van der Waals surface area contributed by atoms with Gasteiger partial charge in [-0.2, -0.15) is 0 Å². The van der Waals surface area contributed by atoms with Crippen molar-refractivity contribution in [1.29, 1.82) is 0 Å². The first kappa shape index (κ1) is 19.5. The Kier molecular flexibility index (Phi) is 5.28. The van der Waals surface area contributed by atoms with Gasteiger partial charge in [-0.25, -0.2) is 12.8 Å². The molecule has 2 unspecified atom stereocenters. The van der Waals surface area contributed by atoms with Gasteiger partial charge < -0.3 is 4.90 Å². The molecule has 0 radical (unpaired) electrons. The van der Waals surface area contributed by atoms with Gasteiger partial charge in [-0.3, -0.25) is 9.69 Å². The number of anilines is 1. The predicted molar refractivity (Wildman–Crippen MR) is 110 cm³/mol. The molecular weight excluding hydrogens is 447 g/mol. The fourth-order valence-corrected chi connectivity index (χ4v) is 6.35. The van der Waals surface area contributed by atoms with Crippen LogP contribution < -0.4 is 4.90 Å². The van der Waals surface area contributed by atoms with Crippen LogP contribution in [0.3, 0.4) is 0 Å². The predicted octanol–water partition coefficient (Wildman–Crippen LogP) is 2.65. The van der Waals surface area contributed by atoms with E-state index in [0.717, 1.165) is 4.47 Å². The molecule has 1 amide bonds. The summed E-state index contributed by atoms with van der Waals surface area (Å²) in [5.41, 5.74) is 1.27. The van der Waals surface area contributed by atoms with Crippen molar-refractivity contribution in [2.24, 2.45) is 0 Å². The van der Waals surface area contributed by atoms with Crippen LogP contribution in [-0.2, 0) is 21.1 Å². The van der Waals surface area contributed by atoms with E-state index in [-0.39, 0.29) is 35.8 Å². The second kappa shape index (κ2) is 7.57. The number of fused-ring (bicyclic) bond motifs is 1. The second-order valence-electron chi connectivity index (χ2n) is 7.26. The Hall–Kier alpha value is -1.77. The maximum atomic E-state index is 13.9. The van der Waals surface area contributed by atoms with E-state index >= 15 is 0 Å². The van der Waals surface area contributed by atoms with Crippen LogP contribution in [0.4, 0.5) is 10.1 Å². The summed E-state index contributed by atoms with van der Waals surface area (Å²) in [6, 6.07) is 13.2. The lowest BCUT2D eigenvalue weighted by molar-refractivity contribution is -0.123. The van der Waals surface area contributed by atoms with Crippen LogP contribution in [-0.4, -0.2) is 55.9 Å². The van der Waals surface area contributed by atoms with Gasteiger partial charge in [0.25, 0.3) is 0 Å². The molecule has 4 rings (SSSR count). The zero-order chi connectivity index (χ0) is 19.9. The molecule has 8 heteroatoms. The highest BCUT2D eigenvalue weighted by molar-refractivity contribution is 9.10. The summed E-state index contributed by atoms with van der Waals surface area (Å²) in [5, 5.41) is 0. The van der Waals surface area contributed by atoms with E-state index < -0.39 is 15.9 Å². The summed E-state index contributed by atoms with van der Waals surface area (Å²) in [7, 11) is -3.24. The normalized spacial score (nSPS) is 24.4. The Labute approximate surface area is 172 Å². The van der Waals surface area contributed by atoms with Crippen LogP contribution in [0, 0.1) is 5.82 Å². The zero-order valence-corrected chi connectivity index (χ0v) is 17.5.